The second kappa shape index (κ2) is 4.43. The second-order valence-corrected chi connectivity index (χ2v) is 3.08. The molecule has 0 spiro atoms. The molecule has 1 aromatic heterocycles. The molecule has 0 aliphatic heterocycles. The summed E-state index contributed by atoms with van der Waals surface area (Å²) in [6, 6.07) is 0. The van der Waals surface area contributed by atoms with Gasteiger partial charge >= 0.3 is 0 Å². The molecule has 0 amide bonds. The van der Waals surface area contributed by atoms with Crippen molar-refractivity contribution in [3.63, 3.8) is 0 Å². The van der Waals surface area contributed by atoms with Gasteiger partial charge in [0.05, 0.1) is 23.9 Å². The van der Waals surface area contributed by atoms with E-state index in [9.17, 15) is 0 Å². The molecule has 3 nitrogen and oxygen atoms in total. The minimum atomic E-state index is 0.0312. The van der Waals surface area contributed by atoms with Crippen molar-refractivity contribution in [2.75, 3.05) is 13.7 Å². The molecule has 11 heavy (non-hydrogen) atoms. The van der Waals surface area contributed by atoms with Crippen molar-refractivity contribution in [3.8, 4) is 0 Å². The van der Waals surface area contributed by atoms with Gasteiger partial charge in [-0.3, -0.25) is 0 Å². The van der Waals surface area contributed by atoms with Gasteiger partial charge in [-0.2, -0.15) is 0 Å². The van der Waals surface area contributed by atoms with Gasteiger partial charge in [-0.15, -0.1) is 11.3 Å². The van der Waals surface area contributed by atoms with E-state index >= 15 is 0 Å². The Labute approximate surface area is 69.7 Å². The Morgan fingerprint density at radius 1 is 1.73 bits per heavy atom. The third-order valence-electron chi connectivity index (χ3n) is 1.28. The monoisotopic (exact) mass is 173 g/mol. The summed E-state index contributed by atoms with van der Waals surface area (Å²) >= 11 is 1.56. The quantitative estimate of drug-likeness (QED) is 0.733. The molecule has 0 aliphatic carbocycles. The summed E-state index contributed by atoms with van der Waals surface area (Å²) in [6.45, 7) is 0.724. The summed E-state index contributed by atoms with van der Waals surface area (Å²) in [5.74, 6) is 0. The second-order valence-electron chi connectivity index (χ2n) is 2.13. The number of hydrogen-bond acceptors (Lipinski definition) is 4. The highest BCUT2D eigenvalue weighted by atomic mass is 32.1. The van der Waals surface area contributed by atoms with Crippen molar-refractivity contribution < 1.29 is 9.84 Å². The first-order valence-electron chi connectivity index (χ1n) is 3.40. The number of hydrogen-bond donors (Lipinski definition) is 1. The lowest BCUT2D eigenvalue weighted by atomic mass is 10.4. The van der Waals surface area contributed by atoms with E-state index < -0.39 is 0 Å². The molecule has 1 N–H and O–H groups in total. The lowest BCUT2D eigenvalue weighted by Gasteiger charge is -1.92. The molecule has 0 bridgehead atoms. The van der Waals surface area contributed by atoms with Gasteiger partial charge in [-0.05, 0) is 0 Å². The average molecular weight is 173 g/mol. The summed E-state index contributed by atoms with van der Waals surface area (Å²) in [5, 5.41) is 11.6. The zero-order valence-corrected chi connectivity index (χ0v) is 7.23. The molecule has 0 saturated carbocycles. The first-order chi connectivity index (χ1) is 5.36. The number of aromatic nitrogens is 1. The molecule has 0 atom stereocenters. The van der Waals surface area contributed by atoms with Crippen molar-refractivity contribution >= 4 is 11.3 Å². The van der Waals surface area contributed by atoms with Crippen molar-refractivity contribution in [2.45, 2.75) is 13.0 Å². The molecule has 0 aromatic carbocycles. The molecule has 0 radical (unpaired) electrons. The number of aliphatic hydroxyl groups excluding tert-OH is 1. The highest BCUT2D eigenvalue weighted by Gasteiger charge is 1.99. The van der Waals surface area contributed by atoms with Crippen LogP contribution >= 0.6 is 11.3 Å². The summed E-state index contributed by atoms with van der Waals surface area (Å²) in [5.41, 5.74) is 0.751. The van der Waals surface area contributed by atoms with Crippen LogP contribution in [0.1, 0.15) is 10.7 Å². The van der Waals surface area contributed by atoms with Crippen LogP contribution in [-0.4, -0.2) is 23.8 Å². The van der Waals surface area contributed by atoms with Gasteiger partial charge in [-0.25, -0.2) is 4.98 Å². The maximum absolute atomic E-state index is 8.69. The predicted molar refractivity (Wildman–Crippen MR) is 43.6 cm³/mol. The molecule has 1 heterocycles. The Balaban J connectivity index is 2.44. The van der Waals surface area contributed by atoms with Gasteiger partial charge in [0.25, 0.3) is 0 Å². The van der Waals surface area contributed by atoms with Gasteiger partial charge in [-0.1, -0.05) is 0 Å². The van der Waals surface area contributed by atoms with Crippen LogP contribution in [0.4, 0.5) is 0 Å². The standard InChI is InChI=1S/C7H11NO2S/c1-10-3-2-7-8-6(4-9)5-11-7/h5,9H,2-4H2,1H3. The highest BCUT2D eigenvalue weighted by Crippen LogP contribution is 2.09. The fraction of sp³-hybridized carbons (Fsp3) is 0.571. The molecule has 0 unspecified atom stereocenters. The number of nitrogens with zero attached hydrogens (tertiary/aromatic N) is 1. The smallest absolute Gasteiger partial charge is 0.0952 e. The Bertz CT molecular complexity index is 212. The summed E-state index contributed by atoms with van der Waals surface area (Å²) in [4.78, 5) is 4.15. The molecule has 0 fully saturated rings. The van der Waals surface area contributed by atoms with Crippen molar-refractivity contribution in [3.05, 3.63) is 16.1 Å². The first kappa shape index (κ1) is 8.64. The fourth-order valence-electron chi connectivity index (χ4n) is 0.726. The van der Waals surface area contributed by atoms with Crippen LogP contribution in [0, 0.1) is 0 Å². The third-order valence-corrected chi connectivity index (χ3v) is 2.24. The minimum Gasteiger partial charge on any atom is -0.390 e. The molecular formula is C7H11NO2S. The largest absolute Gasteiger partial charge is 0.390 e. The highest BCUT2D eigenvalue weighted by molar-refractivity contribution is 7.09. The molecule has 0 aliphatic rings. The van der Waals surface area contributed by atoms with Crippen LogP contribution in [0.25, 0.3) is 0 Å². The van der Waals surface area contributed by atoms with Crippen LogP contribution in [-0.2, 0) is 17.8 Å². The minimum absolute atomic E-state index is 0.0312. The molecule has 0 saturated heterocycles. The Hall–Kier alpha value is -0.450. The summed E-state index contributed by atoms with van der Waals surface area (Å²) in [6.07, 6.45) is 0.834. The maximum Gasteiger partial charge on any atom is 0.0952 e. The van der Waals surface area contributed by atoms with Gasteiger partial charge in [0.2, 0.25) is 0 Å². The zero-order chi connectivity index (χ0) is 8.10. The molecule has 62 valence electrons. The predicted octanol–water partition coefficient (Wildman–Crippen LogP) is 0.824. The van der Waals surface area contributed by atoms with E-state index in [1.54, 1.807) is 18.4 Å². The SMILES string of the molecule is COCCc1nc(CO)cs1. The zero-order valence-electron chi connectivity index (χ0n) is 6.41. The van der Waals surface area contributed by atoms with E-state index in [0.717, 1.165) is 17.1 Å². The molecule has 1 rings (SSSR count). The van der Waals surface area contributed by atoms with Crippen molar-refractivity contribution in [2.24, 2.45) is 0 Å². The average Bonchev–Trinajstić information content (AvgIpc) is 2.48. The van der Waals surface area contributed by atoms with E-state index in [1.165, 1.54) is 0 Å². The number of rotatable bonds is 4. The van der Waals surface area contributed by atoms with E-state index in [1.807, 2.05) is 5.38 Å². The number of ether oxygens (including phenoxy) is 1. The lowest BCUT2D eigenvalue weighted by Crippen LogP contribution is -1.94. The fourth-order valence-corrected chi connectivity index (χ4v) is 1.50. The van der Waals surface area contributed by atoms with Crippen molar-refractivity contribution in [1.82, 2.24) is 4.98 Å². The van der Waals surface area contributed by atoms with Gasteiger partial charge in [0, 0.05) is 18.9 Å². The Kier molecular flexibility index (Phi) is 3.48. The van der Waals surface area contributed by atoms with E-state index in [4.69, 9.17) is 9.84 Å². The first-order valence-corrected chi connectivity index (χ1v) is 4.28. The van der Waals surface area contributed by atoms with Gasteiger partial charge in [0.15, 0.2) is 0 Å². The number of aliphatic hydroxyl groups is 1. The topological polar surface area (TPSA) is 42.4 Å². The normalized spacial score (nSPS) is 10.4. The third kappa shape index (κ3) is 2.57. The maximum atomic E-state index is 8.69. The summed E-state index contributed by atoms with van der Waals surface area (Å²) in [7, 11) is 1.67. The van der Waals surface area contributed by atoms with Crippen LogP contribution in [0.2, 0.25) is 0 Å². The number of methoxy groups -OCH3 is 1. The van der Waals surface area contributed by atoms with Crippen molar-refractivity contribution in [1.29, 1.82) is 0 Å². The van der Waals surface area contributed by atoms with Crippen LogP contribution in [0.3, 0.4) is 0 Å². The molecule has 1 aromatic rings. The van der Waals surface area contributed by atoms with Crippen LogP contribution in [0.15, 0.2) is 5.38 Å². The Morgan fingerprint density at radius 3 is 3.09 bits per heavy atom. The van der Waals surface area contributed by atoms with E-state index in [0.29, 0.717) is 6.61 Å². The Morgan fingerprint density at radius 2 is 2.55 bits per heavy atom. The van der Waals surface area contributed by atoms with E-state index in [2.05, 4.69) is 4.98 Å². The number of thiazole rings is 1. The van der Waals surface area contributed by atoms with E-state index in [-0.39, 0.29) is 6.61 Å². The van der Waals surface area contributed by atoms with Crippen LogP contribution < -0.4 is 0 Å². The summed E-state index contributed by atoms with van der Waals surface area (Å²) < 4.78 is 4.89. The molecule has 4 heteroatoms. The van der Waals surface area contributed by atoms with Crippen LogP contribution in [0.5, 0.6) is 0 Å². The molecular weight excluding hydrogens is 162 g/mol. The van der Waals surface area contributed by atoms with Gasteiger partial charge < -0.3 is 9.84 Å². The lowest BCUT2D eigenvalue weighted by molar-refractivity contribution is 0.202. The van der Waals surface area contributed by atoms with Gasteiger partial charge in [0.1, 0.15) is 0 Å².